The predicted octanol–water partition coefficient (Wildman–Crippen LogP) is 4.00. The summed E-state index contributed by atoms with van der Waals surface area (Å²) in [5.41, 5.74) is 2.77. The molecule has 6 nitrogen and oxygen atoms in total. The first-order chi connectivity index (χ1) is 16.5. The van der Waals surface area contributed by atoms with Crippen LogP contribution in [0.2, 0.25) is 5.02 Å². The molecule has 3 heterocycles. The van der Waals surface area contributed by atoms with Crippen LogP contribution >= 0.6 is 22.9 Å². The van der Waals surface area contributed by atoms with Gasteiger partial charge in [0.15, 0.2) is 4.80 Å². The summed E-state index contributed by atoms with van der Waals surface area (Å²) in [4.78, 5) is 36.3. The summed E-state index contributed by atoms with van der Waals surface area (Å²) in [6, 6.07) is 18.1. The molecule has 0 saturated heterocycles. The van der Waals surface area contributed by atoms with Crippen molar-refractivity contribution in [2.75, 3.05) is 6.61 Å². The second kappa shape index (κ2) is 9.00. The lowest BCUT2D eigenvalue weighted by Crippen LogP contribution is -2.39. The molecule has 0 N–H and O–H groups in total. The van der Waals surface area contributed by atoms with E-state index in [9.17, 15) is 9.59 Å². The van der Waals surface area contributed by atoms with Gasteiger partial charge in [-0.3, -0.25) is 9.36 Å². The minimum atomic E-state index is -0.633. The van der Waals surface area contributed by atoms with Crippen LogP contribution in [0.1, 0.15) is 31.1 Å². The number of aromatic nitrogens is 2. The summed E-state index contributed by atoms with van der Waals surface area (Å²) in [6.07, 6.45) is 1.72. The fourth-order valence-electron chi connectivity index (χ4n) is 4.10. The van der Waals surface area contributed by atoms with E-state index < -0.39 is 12.0 Å². The number of ether oxygens (including phenoxy) is 1. The van der Waals surface area contributed by atoms with Gasteiger partial charge >= 0.3 is 5.97 Å². The molecule has 0 radical (unpaired) electrons. The molecule has 1 unspecified atom stereocenters. The Balaban J connectivity index is 1.72. The number of para-hydroxylation sites is 1. The number of halogens is 1. The number of fused-ring (bicyclic) bond motifs is 2. The highest BCUT2D eigenvalue weighted by Gasteiger charge is 2.33. The van der Waals surface area contributed by atoms with Crippen LogP contribution in [0.5, 0.6) is 0 Å². The lowest BCUT2D eigenvalue weighted by atomic mass is 9.96. The van der Waals surface area contributed by atoms with E-state index in [1.54, 1.807) is 30.6 Å². The molecule has 0 saturated carbocycles. The standard InChI is InChI=1S/C26H20ClN3O3S/c1-3-33-25(32)22-15(2)28-26-30(23(22)16-9-5-4-6-10-16)24(31)21(34-26)14-17-13-19(27)18-11-7-8-12-20(18)29-17/h4-14,23H,3H2,1-2H3. The maximum atomic E-state index is 13.6. The molecule has 1 atom stereocenters. The highest BCUT2D eigenvalue weighted by molar-refractivity contribution is 7.07. The van der Waals surface area contributed by atoms with Crippen LogP contribution < -0.4 is 14.9 Å². The Hall–Kier alpha value is -3.55. The molecule has 0 fully saturated rings. The Morgan fingerprint density at radius 3 is 2.68 bits per heavy atom. The van der Waals surface area contributed by atoms with Crippen molar-refractivity contribution in [3.8, 4) is 0 Å². The largest absolute Gasteiger partial charge is 0.463 e. The van der Waals surface area contributed by atoms with Gasteiger partial charge in [-0.15, -0.1) is 0 Å². The summed E-state index contributed by atoms with van der Waals surface area (Å²) >= 11 is 7.71. The van der Waals surface area contributed by atoms with Crippen molar-refractivity contribution >= 4 is 45.9 Å². The summed E-state index contributed by atoms with van der Waals surface area (Å²) in [5.74, 6) is -0.477. The molecule has 0 bridgehead atoms. The van der Waals surface area contributed by atoms with Gasteiger partial charge < -0.3 is 4.74 Å². The lowest BCUT2D eigenvalue weighted by molar-refractivity contribution is -0.139. The number of benzene rings is 2. The second-order valence-electron chi connectivity index (χ2n) is 7.76. The molecular formula is C26H20ClN3O3S. The normalized spacial score (nSPS) is 15.9. The molecular weight excluding hydrogens is 470 g/mol. The van der Waals surface area contributed by atoms with E-state index in [1.165, 1.54) is 11.3 Å². The fraction of sp³-hybridized carbons (Fsp3) is 0.154. The molecule has 1 aliphatic rings. The van der Waals surface area contributed by atoms with Gasteiger partial charge in [-0.05, 0) is 37.6 Å². The summed E-state index contributed by atoms with van der Waals surface area (Å²) < 4.78 is 7.33. The van der Waals surface area contributed by atoms with Gasteiger partial charge in [0.2, 0.25) is 0 Å². The van der Waals surface area contributed by atoms with Crippen LogP contribution in [-0.2, 0) is 9.53 Å². The van der Waals surface area contributed by atoms with Gasteiger partial charge in [0.05, 0.1) is 44.7 Å². The zero-order valence-corrected chi connectivity index (χ0v) is 20.1. The molecule has 5 rings (SSSR count). The second-order valence-corrected chi connectivity index (χ2v) is 9.18. The smallest absolute Gasteiger partial charge is 0.338 e. The van der Waals surface area contributed by atoms with Gasteiger partial charge in [0.25, 0.3) is 5.56 Å². The number of carbonyl (C=O) groups excluding carboxylic acids is 1. The Morgan fingerprint density at radius 1 is 1.18 bits per heavy atom. The van der Waals surface area contributed by atoms with Crippen molar-refractivity contribution in [3.05, 3.63) is 108 Å². The summed E-state index contributed by atoms with van der Waals surface area (Å²) in [7, 11) is 0. The third kappa shape index (κ3) is 3.87. The number of carbonyl (C=O) groups is 1. The van der Waals surface area contributed by atoms with E-state index in [4.69, 9.17) is 16.3 Å². The molecule has 8 heteroatoms. The van der Waals surface area contributed by atoms with Crippen molar-refractivity contribution < 1.29 is 9.53 Å². The van der Waals surface area contributed by atoms with E-state index in [2.05, 4.69) is 9.98 Å². The van der Waals surface area contributed by atoms with Crippen LogP contribution in [0.25, 0.3) is 17.0 Å². The van der Waals surface area contributed by atoms with Crippen LogP contribution in [0, 0.1) is 0 Å². The summed E-state index contributed by atoms with van der Waals surface area (Å²) in [5, 5.41) is 1.41. The molecule has 0 spiro atoms. The van der Waals surface area contributed by atoms with Crippen LogP contribution in [0.3, 0.4) is 0 Å². The average molecular weight is 490 g/mol. The van der Waals surface area contributed by atoms with E-state index in [0.29, 0.717) is 31.3 Å². The molecule has 34 heavy (non-hydrogen) atoms. The lowest BCUT2D eigenvalue weighted by Gasteiger charge is -2.24. The SMILES string of the molecule is CCOC(=O)C1=C(C)N=c2sc(=Cc3cc(Cl)c4ccccc4n3)c(=O)n2C1c1ccccc1. The Bertz CT molecular complexity index is 1640. The molecule has 170 valence electrons. The molecule has 0 amide bonds. The van der Waals surface area contributed by atoms with Gasteiger partial charge in [-0.1, -0.05) is 71.5 Å². The zero-order valence-electron chi connectivity index (χ0n) is 18.5. The zero-order chi connectivity index (χ0) is 23.8. The topological polar surface area (TPSA) is 73.6 Å². The third-order valence-electron chi connectivity index (χ3n) is 5.60. The fourth-order valence-corrected chi connectivity index (χ4v) is 5.41. The number of allylic oxidation sites excluding steroid dienone is 1. The number of nitrogens with zero attached hydrogens (tertiary/aromatic N) is 3. The van der Waals surface area contributed by atoms with Crippen LogP contribution in [0.4, 0.5) is 0 Å². The van der Waals surface area contributed by atoms with Crippen LogP contribution in [-0.4, -0.2) is 22.1 Å². The van der Waals surface area contributed by atoms with Crippen molar-refractivity contribution in [1.29, 1.82) is 0 Å². The highest BCUT2D eigenvalue weighted by Crippen LogP contribution is 2.30. The molecule has 2 aromatic carbocycles. The average Bonchev–Trinajstić information content (AvgIpc) is 3.13. The van der Waals surface area contributed by atoms with Gasteiger partial charge in [0, 0.05) is 5.39 Å². The first kappa shape index (κ1) is 22.3. The number of hydrogen-bond donors (Lipinski definition) is 0. The van der Waals surface area contributed by atoms with Gasteiger partial charge in [0.1, 0.15) is 0 Å². The van der Waals surface area contributed by atoms with Crippen molar-refractivity contribution in [2.45, 2.75) is 19.9 Å². The van der Waals surface area contributed by atoms with Crippen molar-refractivity contribution in [3.63, 3.8) is 0 Å². The monoisotopic (exact) mass is 489 g/mol. The van der Waals surface area contributed by atoms with Gasteiger partial charge in [-0.25, -0.2) is 14.8 Å². The van der Waals surface area contributed by atoms with E-state index in [0.717, 1.165) is 16.5 Å². The van der Waals surface area contributed by atoms with Crippen molar-refractivity contribution in [2.24, 2.45) is 4.99 Å². The minimum Gasteiger partial charge on any atom is -0.463 e. The first-order valence-corrected chi connectivity index (χ1v) is 12.0. The van der Waals surface area contributed by atoms with E-state index in [1.807, 2.05) is 54.6 Å². The maximum absolute atomic E-state index is 13.6. The Kier molecular flexibility index (Phi) is 5.89. The Morgan fingerprint density at radius 2 is 1.91 bits per heavy atom. The molecule has 0 aliphatic carbocycles. The van der Waals surface area contributed by atoms with Gasteiger partial charge in [-0.2, -0.15) is 0 Å². The number of thiazole rings is 1. The van der Waals surface area contributed by atoms with Crippen molar-refractivity contribution in [1.82, 2.24) is 9.55 Å². The predicted molar refractivity (Wildman–Crippen MR) is 134 cm³/mol. The first-order valence-electron chi connectivity index (χ1n) is 10.8. The number of rotatable bonds is 4. The molecule has 2 aromatic heterocycles. The van der Waals surface area contributed by atoms with Crippen LogP contribution in [0.15, 0.2) is 81.7 Å². The number of pyridine rings is 1. The number of esters is 1. The number of hydrogen-bond acceptors (Lipinski definition) is 6. The quantitative estimate of drug-likeness (QED) is 0.406. The third-order valence-corrected chi connectivity index (χ3v) is 6.89. The molecule has 1 aliphatic heterocycles. The minimum absolute atomic E-state index is 0.232. The maximum Gasteiger partial charge on any atom is 0.338 e. The Labute approximate surface area is 204 Å². The van der Waals surface area contributed by atoms with E-state index >= 15 is 0 Å². The highest BCUT2D eigenvalue weighted by atomic mass is 35.5. The molecule has 4 aromatic rings. The summed E-state index contributed by atoms with van der Waals surface area (Å²) in [6.45, 7) is 3.75. The van der Waals surface area contributed by atoms with E-state index in [-0.39, 0.29) is 12.2 Å².